The highest BCUT2D eigenvalue weighted by Gasteiger charge is 2.25. The molecule has 0 saturated carbocycles. The number of methoxy groups -OCH3 is 1. The molecule has 6 heteroatoms. The van der Waals surface area contributed by atoms with E-state index in [-0.39, 0.29) is 17.1 Å². The van der Waals surface area contributed by atoms with E-state index >= 15 is 0 Å². The molecular formula is C13H22N2O3S. The number of anilines is 1. The molecule has 108 valence electrons. The minimum atomic E-state index is -3.64. The molecule has 0 aromatic heterocycles. The molecule has 0 heterocycles. The van der Waals surface area contributed by atoms with Crippen LogP contribution in [0.1, 0.15) is 25.0 Å². The summed E-state index contributed by atoms with van der Waals surface area (Å²) in [5.41, 5.74) is 7.04. The zero-order valence-electron chi connectivity index (χ0n) is 12.1. The number of aryl methyl sites for hydroxylation is 1. The van der Waals surface area contributed by atoms with E-state index < -0.39 is 15.6 Å². The minimum Gasteiger partial charge on any atom is -0.398 e. The van der Waals surface area contributed by atoms with Crippen molar-refractivity contribution in [1.29, 1.82) is 0 Å². The molecular weight excluding hydrogens is 264 g/mol. The maximum atomic E-state index is 12.3. The lowest BCUT2D eigenvalue weighted by atomic mass is 10.1. The lowest BCUT2D eigenvalue weighted by Crippen LogP contribution is -2.40. The van der Waals surface area contributed by atoms with Gasteiger partial charge in [0.15, 0.2) is 0 Å². The first kappa shape index (κ1) is 15.9. The van der Waals surface area contributed by atoms with E-state index in [1.807, 2.05) is 26.8 Å². The van der Waals surface area contributed by atoms with Crippen LogP contribution in [0, 0.1) is 13.8 Å². The monoisotopic (exact) mass is 286 g/mol. The first-order valence-corrected chi connectivity index (χ1v) is 7.49. The fourth-order valence-electron chi connectivity index (χ4n) is 1.58. The summed E-state index contributed by atoms with van der Waals surface area (Å²) in [4.78, 5) is 0.152. The van der Waals surface area contributed by atoms with E-state index in [9.17, 15) is 8.42 Å². The molecule has 1 aromatic carbocycles. The molecule has 0 atom stereocenters. The summed E-state index contributed by atoms with van der Waals surface area (Å²) in [6.45, 7) is 7.40. The summed E-state index contributed by atoms with van der Waals surface area (Å²) in [6.07, 6.45) is 0. The van der Waals surface area contributed by atoms with Gasteiger partial charge in [-0.1, -0.05) is 6.07 Å². The third-order valence-corrected chi connectivity index (χ3v) is 4.82. The molecule has 0 fully saturated rings. The number of hydrogen-bond acceptors (Lipinski definition) is 4. The highest BCUT2D eigenvalue weighted by molar-refractivity contribution is 7.89. The molecule has 0 spiro atoms. The second-order valence-electron chi connectivity index (χ2n) is 5.21. The van der Waals surface area contributed by atoms with Crippen molar-refractivity contribution in [3.8, 4) is 0 Å². The fraction of sp³-hybridized carbons (Fsp3) is 0.538. The fourth-order valence-corrected chi connectivity index (χ4v) is 3.21. The number of hydrogen-bond donors (Lipinski definition) is 2. The lowest BCUT2D eigenvalue weighted by molar-refractivity contribution is 0.0276. The quantitative estimate of drug-likeness (QED) is 0.805. The number of benzene rings is 1. The Morgan fingerprint density at radius 2 is 1.89 bits per heavy atom. The summed E-state index contributed by atoms with van der Waals surface area (Å²) in [7, 11) is -2.10. The second kappa shape index (κ2) is 5.48. The van der Waals surface area contributed by atoms with Crippen molar-refractivity contribution < 1.29 is 13.2 Å². The standard InChI is InChI=1S/C13H22N2O3S/c1-9-6-7-11(14)12(10(9)2)19(16,17)15-8-13(3,4)18-5/h6-7,15H,8,14H2,1-5H3. The third-order valence-electron chi connectivity index (χ3n) is 3.22. The van der Waals surface area contributed by atoms with Gasteiger partial charge < -0.3 is 10.5 Å². The van der Waals surface area contributed by atoms with Crippen LogP contribution in [-0.2, 0) is 14.8 Å². The van der Waals surface area contributed by atoms with E-state index in [0.29, 0.717) is 5.56 Å². The summed E-state index contributed by atoms with van der Waals surface area (Å²) in [5.74, 6) is 0. The average molecular weight is 286 g/mol. The smallest absolute Gasteiger partial charge is 0.242 e. The van der Waals surface area contributed by atoms with Crippen LogP contribution < -0.4 is 10.5 Å². The first-order chi connectivity index (χ1) is 8.60. The summed E-state index contributed by atoms with van der Waals surface area (Å²) >= 11 is 0. The Kier molecular flexibility index (Phi) is 4.60. The molecule has 0 amide bonds. The molecule has 0 saturated heterocycles. The van der Waals surface area contributed by atoms with Crippen LogP contribution in [0.25, 0.3) is 0 Å². The van der Waals surface area contributed by atoms with Gasteiger partial charge in [-0.3, -0.25) is 0 Å². The maximum absolute atomic E-state index is 12.3. The average Bonchev–Trinajstić information content (AvgIpc) is 2.32. The Bertz CT molecular complexity index is 565. The Labute approximate surface area is 115 Å². The van der Waals surface area contributed by atoms with Gasteiger partial charge in [0.05, 0.1) is 11.3 Å². The SMILES string of the molecule is COC(C)(C)CNS(=O)(=O)c1c(N)ccc(C)c1C. The molecule has 0 radical (unpaired) electrons. The number of nitrogen functional groups attached to an aromatic ring is 1. The zero-order valence-corrected chi connectivity index (χ0v) is 12.9. The van der Waals surface area contributed by atoms with Crippen LogP contribution in [0.15, 0.2) is 17.0 Å². The van der Waals surface area contributed by atoms with E-state index in [2.05, 4.69) is 4.72 Å². The Hall–Kier alpha value is -1.11. The number of rotatable bonds is 5. The van der Waals surface area contributed by atoms with Crippen molar-refractivity contribution in [2.45, 2.75) is 38.2 Å². The van der Waals surface area contributed by atoms with Crippen molar-refractivity contribution in [3.05, 3.63) is 23.3 Å². The highest BCUT2D eigenvalue weighted by atomic mass is 32.2. The van der Waals surface area contributed by atoms with Crippen molar-refractivity contribution >= 4 is 15.7 Å². The Morgan fingerprint density at radius 1 is 1.32 bits per heavy atom. The van der Waals surface area contributed by atoms with Crippen LogP contribution in [-0.4, -0.2) is 27.7 Å². The van der Waals surface area contributed by atoms with Crippen LogP contribution in [0.3, 0.4) is 0 Å². The van der Waals surface area contributed by atoms with Crippen LogP contribution in [0.2, 0.25) is 0 Å². The van der Waals surface area contributed by atoms with Crippen LogP contribution in [0.5, 0.6) is 0 Å². The molecule has 0 aliphatic carbocycles. The Balaban J connectivity index is 3.12. The van der Waals surface area contributed by atoms with Crippen LogP contribution in [0.4, 0.5) is 5.69 Å². The van der Waals surface area contributed by atoms with Crippen LogP contribution >= 0.6 is 0 Å². The van der Waals surface area contributed by atoms with Crippen molar-refractivity contribution in [2.24, 2.45) is 0 Å². The van der Waals surface area contributed by atoms with E-state index in [1.54, 1.807) is 20.1 Å². The molecule has 0 aliphatic heterocycles. The molecule has 5 nitrogen and oxygen atoms in total. The normalized spacial score (nSPS) is 12.7. The highest BCUT2D eigenvalue weighted by Crippen LogP contribution is 2.25. The summed E-state index contributed by atoms with van der Waals surface area (Å²) in [5, 5.41) is 0. The van der Waals surface area contributed by atoms with Crippen molar-refractivity contribution in [3.63, 3.8) is 0 Å². The van der Waals surface area contributed by atoms with Gasteiger partial charge in [-0.25, -0.2) is 13.1 Å². The predicted octanol–water partition coefficient (Wildman–Crippen LogP) is 1.59. The number of ether oxygens (including phenoxy) is 1. The molecule has 1 aromatic rings. The molecule has 3 N–H and O–H groups in total. The molecule has 1 rings (SSSR count). The largest absolute Gasteiger partial charge is 0.398 e. The summed E-state index contributed by atoms with van der Waals surface area (Å²) < 4.78 is 32.4. The van der Waals surface area contributed by atoms with Gasteiger partial charge in [0.2, 0.25) is 10.0 Å². The van der Waals surface area contributed by atoms with Gasteiger partial charge in [-0.05, 0) is 44.9 Å². The third kappa shape index (κ3) is 3.68. The maximum Gasteiger partial charge on any atom is 0.242 e. The topological polar surface area (TPSA) is 81.4 Å². The van der Waals surface area contributed by atoms with Gasteiger partial charge in [0.1, 0.15) is 4.90 Å². The Morgan fingerprint density at radius 3 is 2.42 bits per heavy atom. The lowest BCUT2D eigenvalue weighted by Gasteiger charge is -2.23. The van der Waals surface area contributed by atoms with Crippen molar-refractivity contribution in [2.75, 3.05) is 19.4 Å². The molecule has 0 bridgehead atoms. The zero-order chi connectivity index (χ0) is 14.8. The number of sulfonamides is 1. The van der Waals surface area contributed by atoms with Gasteiger partial charge in [0.25, 0.3) is 0 Å². The number of nitrogens with one attached hydrogen (secondary N) is 1. The molecule has 19 heavy (non-hydrogen) atoms. The molecule has 0 aliphatic rings. The van der Waals surface area contributed by atoms with Gasteiger partial charge in [0, 0.05) is 13.7 Å². The number of nitrogens with two attached hydrogens (primary N) is 1. The summed E-state index contributed by atoms with van der Waals surface area (Å²) in [6, 6.07) is 3.42. The first-order valence-electron chi connectivity index (χ1n) is 6.01. The van der Waals surface area contributed by atoms with Gasteiger partial charge in [-0.15, -0.1) is 0 Å². The van der Waals surface area contributed by atoms with E-state index in [4.69, 9.17) is 10.5 Å². The molecule has 0 unspecified atom stereocenters. The minimum absolute atomic E-state index is 0.152. The van der Waals surface area contributed by atoms with Gasteiger partial charge in [-0.2, -0.15) is 0 Å². The van der Waals surface area contributed by atoms with E-state index in [1.165, 1.54) is 0 Å². The van der Waals surface area contributed by atoms with E-state index in [0.717, 1.165) is 5.56 Å². The van der Waals surface area contributed by atoms with Gasteiger partial charge >= 0.3 is 0 Å². The predicted molar refractivity (Wildman–Crippen MR) is 76.6 cm³/mol. The second-order valence-corrected chi connectivity index (χ2v) is 6.92. The van der Waals surface area contributed by atoms with Crippen molar-refractivity contribution in [1.82, 2.24) is 4.72 Å².